The number of hydrogen-bond acceptors (Lipinski definition) is 8. The molecule has 3 saturated heterocycles. The summed E-state index contributed by atoms with van der Waals surface area (Å²) in [5.41, 5.74) is 0. The second kappa shape index (κ2) is 8.98. The van der Waals surface area contributed by atoms with Crippen molar-refractivity contribution in [2.24, 2.45) is 0 Å². The van der Waals surface area contributed by atoms with Gasteiger partial charge < -0.3 is 4.74 Å². The fraction of sp³-hybridized carbons (Fsp3) is 0.938. The Bertz CT molecular complexity index is 956. The number of sulfonamides is 1. The van der Waals surface area contributed by atoms with Crippen LogP contribution in [0.3, 0.4) is 0 Å². The summed E-state index contributed by atoms with van der Waals surface area (Å²) >= 11 is 0. The van der Waals surface area contributed by atoms with Gasteiger partial charge in [-0.2, -0.15) is 21.3 Å². The maximum absolute atomic E-state index is 13.2. The first-order valence-electron chi connectivity index (χ1n) is 10.1. The van der Waals surface area contributed by atoms with E-state index in [9.17, 15) is 30.0 Å². The quantitative estimate of drug-likeness (QED) is 0.425. The first-order valence-corrected chi connectivity index (χ1v) is 14.8. The van der Waals surface area contributed by atoms with Crippen LogP contribution in [0.2, 0.25) is 0 Å². The van der Waals surface area contributed by atoms with E-state index in [1.54, 1.807) is 6.92 Å². The summed E-state index contributed by atoms with van der Waals surface area (Å²) in [6.07, 6.45) is 1.83. The van der Waals surface area contributed by atoms with E-state index in [0.717, 1.165) is 6.42 Å². The second-order valence-electron chi connectivity index (χ2n) is 7.75. The van der Waals surface area contributed by atoms with Crippen molar-refractivity contribution < 1.29 is 34.8 Å². The lowest BCUT2D eigenvalue weighted by Gasteiger charge is -2.40. The van der Waals surface area contributed by atoms with Gasteiger partial charge in [-0.3, -0.25) is 4.79 Å². The van der Waals surface area contributed by atoms with Crippen molar-refractivity contribution in [1.29, 1.82) is 0 Å². The van der Waals surface area contributed by atoms with Gasteiger partial charge in [0.15, 0.2) is 9.84 Å². The topological polar surface area (TPSA) is 138 Å². The molecule has 11 nitrogen and oxygen atoms in total. The Morgan fingerprint density at radius 3 is 2.17 bits per heavy atom. The summed E-state index contributed by atoms with van der Waals surface area (Å²) in [6, 6.07) is -0.867. The lowest BCUT2D eigenvalue weighted by molar-refractivity contribution is -0.148. The van der Waals surface area contributed by atoms with E-state index in [-0.39, 0.29) is 57.3 Å². The average molecular weight is 488 g/mol. The molecular weight excluding hydrogens is 458 g/mol. The van der Waals surface area contributed by atoms with Crippen LogP contribution in [0.1, 0.15) is 32.6 Å². The lowest BCUT2D eigenvalue weighted by atomic mass is 10.1. The van der Waals surface area contributed by atoms with Crippen molar-refractivity contribution in [3.05, 3.63) is 0 Å². The SMILES string of the molecule is CCOC(=O)[C@@H]1CCCCN1S(=O)(=O)N1CCN(S(=O)(=O)[C@@H]2CCS(=O)(=O)C2)CC1. The summed E-state index contributed by atoms with van der Waals surface area (Å²) in [7, 11) is -11.1. The molecule has 3 aliphatic heterocycles. The van der Waals surface area contributed by atoms with Gasteiger partial charge >= 0.3 is 5.97 Å². The molecule has 0 spiro atoms. The molecule has 14 heteroatoms. The molecule has 0 aromatic heterocycles. The van der Waals surface area contributed by atoms with Gasteiger partial charge in [-0.05, 0) is 32.6 Å². The summed E-state index contributed by atoms with van der Waals surface area (Å²) in [4.78, 5) is 12.2. The summed E-state index contributed by atoms with van der Waals surface area (Å²) < 4.78 is 83.7. The van der Waals surface area contributed by atoms with Crippen LogP contribution in [0.5, 0.6) is 0 Å². The molecule has 0 aromatic carbocycles. The highest BCUT2D eigenvalue weighted by atomic mass is 32.2. The van der Waals surface area contributed by atoms with E-state index in [0.29, 0.717) is 12.8 Å². The molecule has 0 N–H and O–H groups in total. The molecule has 0 aliphatic carbocycles. The fourth-order valence-corrected chi connectivity index (χ4v) is 10.5. The van der Waals surface area contributed by atoms with Gasteiger partial charge in [0.05, 0.1) is 23.4 Å². The van der Waals surface area contributed by atoms with Crippen LogP contribution in [-0.2, 0) is 39.6 Å². The Balaban J connectivity index is 1.68. The molecule has 2 atom stereocenters. The lowest BCUT2D eigenvalue weighted by Crippen LogP contribution is -2.58. The molecular formula is C16H29N3O8S3. The Hall–Kier alpha value is -0.800. The zero-order valence-corrected chi connectivity index (χ0v) is 19.4. The van der Waals surface area contributed by atoms with Gasteiger partial charge in [0.25, 0.3) is 10.2 Å². The molecule has 0 saturated carbocycles. The van der Waals surface area contributed by atoms with Gasteiger partial charge in [0.1, 0.15) is 6.04 Å². The van der Waals surface area contributed by atoms with Gasteiger partial charge in [0.2, 0.25) is 10.0 Å². The highest BCUT2D eigenvalue weighted by Gasteiger charge is 2.45. The van der Waals surface area contributed by atoms with Crippen LogP contribution < -0.4 is 0 Å². The van der Waals surface area contributed by atoms with Crippen LogP contribution in [0.4, 0.5) is 0 Å². The zero-order valence-electron chi connectivity index (χ0n) is 17.0. The van der Waals surface area contributed by atoms with Crippen molar-refractivity contribution in [3.63, 3.8) is 0 Å². The highest BCUT2D eigenvalue weighted by molar-refractivity contribution is 7.95. The number of esters is 1. The molecule has 0 radical (unpaired) electrons. The number of rotatable bonds is 6. The number of sulfone groups is 1. The molecule has 3 aliphatic rings. The van der Waals surface area contributed by atoms with Crippen LogP contribution >= 0.6 is 0 Å². The van der Waals surface area contributed by atoms with Crippen molar-refractivity contribution in [2.75, 3.05) is 50.8 Å². The smallest absolute Gasteiger partial charge is 0.324 e. The number of piperazine rings is 1. The Labute approximate surface area is 178 Å². The number of hydrogen-bond donors (Lipinski definition) is 0. The molecule has 0 amide bonds. The van der Waals surface area contributed by atoms with E-state index in [4.69, 9.17) is 4.74 Å². The number of carbonyl (C=O) groups excluding carboxylic acids is 1. The second-order valence-corrected chi connectivity index (χ2v) is 14.1. The Morgan fingerprint density at radius 1 is 0.967 bits per heavy atom. The van der Waals surface area contributed by atoms with E-state index in [1.807, 2.05) is 0 Å². The average Bonchev–Trinajstić information content (AvgIpc) is 3.09. The molecule has 3 fully saturated rings. The third-order valence-electron chi connectivity index (χ3n) is 5.80. The van der Waals surface area contributed by atoms with Crippen LogP contribution in [0.25, 0.3) is 0 Å². The molecule has 0 unspecified atom stereocenters. The largest absolute Gasteiger partial charge is 0.465 e. The third-order valence-corrected chi connectivity index (χ3v) is 12.2. The van der Waals surface area contributed by atoms with Crippen molar-refractivity contribution in [1.82, 2.24) is 12.9 Å². The minimum absolute atomic E-state index is 0.0456. The van der Waals surface area contributed by atoms with Crippen molar-refractivity contribution >= 4 is 36.0 Å². The minimum atomic E-state index is -3.96. The zero-order chi connectivity index (χ0) is 22.2. The van der Waals surface area contributed by atoms with Crippen molar-refractivity contribution in [2.45, 2.75) is 43.9 Å². The van der Waals surface area contributed by atoms with Crippen molar-refractivity contribution in [3.8, 4) is 0 Å². The Kier molecular flexibility index (Phi) is 7.14. The number of carbonyl (C=O) groups is 1. The molecule has 3 heterocycles. The van der Waals surface area contributed by atoms with Gasteiger partial charge in [0, 0.05) is 32.7 Å². The minimum Gasteiger partial charge on any atom is -0.465 e. The molecule has 3 rings (SSSR count). The van der Waals surface area contributed by atoms with Gasteiger partial charge in [-0.1, -0.05) is 0 Å². The van der Waals surface area contributed by atoms with Crippen LogP contribution in [-0.4, -0.2) is 106 Å². The summed E-state index contributed by atoms with van der Waals surface area (Å²) in [6.45, 7) is 1.85. The predicted molar refractivity (Wildman–Crippen MR) is 109 cm³/mol. The normalized spacial score (nSPS) is 29.6. The molecule has 0 aromatic rings. The predicted octanol–water partition coefficient (Wildman–Crippen LogP) is -1.22. The highest BCUT2D eigenvalue weighted by Crippen LogP contribution is 2.27. The third kappa shape index (κ3) is 4.83. The number of piperidine rings is 1. The number of ether oxygens (including phenoxy) is 1. The Morgan fingerprint density at radius 2 is 1.60 bits per heavy atom. The van der Waals surface area contributed by atoms with E-state index in [1.165, 1.54) is 12.9 Å². The summed E-state index contributed by atoms with van der Waals surface area (Å²) in [5.74, 6) is -1.09. The van der Waals surface area contributed by atoms with E-state index >= 15 is 0 Å². The van der Waals surface area contributed by atoms with E-state index in [2.05, 4.69) is 0 Å². The number of nitrogens with zero attached hydrogens (tertiary/aromatic N) is 3. The van der Waals surface area contributed by atoms with Gasteiger partial charge in [-0.15, -0.1) is 0 Å². The fourth-order valence-electron chi connectivity index (χ4n) is 4.17. The first kappa shape index (κ1) is 23.9. The van der Waals surface area contributed by atoms with Crippen LogP contribution in [0.15, 0.2) is 0 Å². The van der Waals surface area contributed by atoms with Crippen LogP contribution in [0, 0.1) is 0 Å². The monoisotopic (exact) mass is 487 g/mol. The maximum atomic E-state index is 13.2. The standard InChI is InChI=1S/C16H29N3O8S3/c1-2-27-16(20)15-5-3-4-7-19(15)30(25,26)18-10-8-17(9-11-18)29(23,24)14-6-12-28(21,22)13-14/h14-15H,2-13H2,1H3/t14-,15+/m1/s1. The molecule has 30 heavy (non-hydrogen) atoms. The molecule has 0 bridgehead atoms. The van der Waals surface area contributed by atoms with E-state index < -0.39 is 47.3 Å². The maximum Gasteiger partial charge on any atom is 0.324 e. The molecule has 174 valence electrons. The summed E-state index contributed by atoms with van der Waals surface area (Å²) in [5, 5.41) is -0.971. The first-order chi connectivity index (χ1) is 14.0. The van der Waals surface area contributed by atoms with Gasteiger partial charge in [-0.25, -0.2) is 16.8 Å².